The maximum Gasteiger partial charge on any atom is 0.411 e. The van der Waals surface area contributed by atoms with Gasteiger partial charge in [-0.1, -0.05) is 29.8 Å². The van der Waals surface area contributed by atoms with Crippen LogP contribution in [0.25, 0.3) is 0 Å². The van der Waals surface area contributed by atoms with Crippen molar-refractivity contribution in [3.05, 3.63) is 34.9 Å². The van der Waals surface area contributed by atoms with Crippen LogP contribution in [-0.2, 0) is 4.74 Å². The summed E-state index contributed by atoms with van der Waals surface area (Å²) >= 11 is 6.21. The van der Waals surface area contributed by atoms with Crippen LogP contribution in [0, 0.1) is 0 Å². The van der Waals surface area contributed by atoms with E-state index in [0.29, 0.717) is 11.6 Å². The lowest BCUT2D eigenvalue weighted by molar-refractivity contribution is -0.174. The molecule has 2 atom stereocenters. The second kappa shape index (κ2) is 8.07. The van der Waals surface area contributed by atoms with Crippen molar-refractivity contribution in [2.24, 2.45) is 0 Å². The molecule has 0 spiro atoms. The normalized spacial score (nSPS) is 19.4. The highest BCUT2D eigenvalue weighted by Gasteiger charge is 2.32. The molecule has 1 N–H and O–H groups in total. The second-order valence-corrected chi connectivity index (χ2v) is 6.26. The lowest BCUT2D eigenvalue weighted by Crippen LogP contribution is -2.45. The molecule has 0 saturated carbocycles. The number of hydrogen-bond acceptors (Lipinski definition) is 2. The number of nitrogens with one attached hydrogen (secondary N) is 1. The van der Waals surface area contributed by atoms with Gasteiger partial charge in [-0.25, -0.2) is 4.79 Å². The van der Waals surface area contributed by atoms with E-state index in [2.05, 4.69) is 10.1 Å². The number of halogens is 4. The number of urea groups is 1. The Morgan fingerprint density at radius 2 is 2.17 bits per heavy atom. The zero-order valence-corrected chi connectivity index (χ0v) is 14.0. The molecule has 1 aromatic rings. The number of nitrogens with zero attached hydrogens (tertiary/aromatic N) is 1. The molecule has 0 aliphatic carbocycles. The highest BCUT2D eigenvalue weighted by atomic mass is 35.5. The fourth-order valence-corrected chi connectivity index (χ4v) is 3.03. The number of alkyl halides is 3. The van der Waals surface area contributed by atoms with Crippen molar-refractivity contribution < 1.29 is 22.7 Å². The molecule has 0 bridgehead atoms. The molecule has 1 aromatic carbocycles. The van der Waals surface area contributed by atoms with E-state index >= 15 is 0 Å². The van der Waals surface area contributed by atoms with Crippen molar-refractivity contribution in [1.82, 2.24) is 10.2 Å². The first-order chi connectivity index (χ1) is 11.3. The molecule has 1 saturated heterocycles. The van der Waals surface area contributed by atoms with Crippen LogP contribution in [0.15, 0.2) is 24.3 Å². The largest absolute Gasteiger partial charge is 0.411 e. The van der Waals surface area contributed by atoms with Crippen LogP contribution in [0.2, 0.25) is 5.02 Å². The van der Waals surface area contributed by atoms with Crippen LogP contribution in [0.1, 0.15) is 31.4 Å². The Balaban J connectivity index is 1.90. The summed E-state index contributed by atoms with van der Waals surface area (Å²) in [4.78, 5) is 14.1. The zero-order chi connectivity index (χ0) is 17.7. The number of rotatable bonds is 5. The lowest BCUT2D eigenvalue weighted by Gasteiger charge is -2.27. The Hall–Kier alpha value is -1.47. The molecule has 1 heterocycles. The van der Waals surface area contributed by atoms with Crippen LogP contribution in [-0.4, -0.2) is 42.9 Å². The van der Waals surface area contributed by atoms with Gasteiger partial charge in [-0.05, 0) is 31.4 Å². The summed E-state index contributed by atoms with van der Waals surface area (Å²) in [6.45, 7) is 0.668. The number of amides is 2. The predicted molar refractivity (Wildman–Crippen MR) is 85.0 cm³/mol. The number of benzene rings is 1. The Kier molecular flexibility index (Phi) is 6.34. The third kappa shape index (κ3) is 5.27. The predicted octanol–water partition coefficient (Wildman–Crippen LogP) is 4.15. The van der Waals surface area contributed by atoms with E-state index in [1.54, 1.807) is 17.9 Å². The topological polar surface area (TPSA) is 41.6 Å². The van der Waals surface area contributed by atoms with Gasteiger partial charge in [0.15, 0.2) is 0 Å². The van der Waals surface area contributed by atoms with Crippen molar-refractivity contribution in [2.75, 3.05) is 19.8 Å². The van der Waals surface area contributed by atoms with Gasteiger partial charge in [-0.15, -0.1) is 0 Å². The van der Waals surface area contributed by atoms with E-state index < -0.39 is 18.8 Å². The fraction of sp³-hybridized carbons (Fsp3) is 0.562. The molecule has 0 aromatic heterocycles. The second-order valence-electron chi connectivity index (χ2n) is 5.85. The van der Waals surface area contributed by atoms with Crippen LogP contribution in [0.5, 0.6) is 0 Å². The molecule has 8 heteroatoms. The molecule has 134 valence electrons. The first kappa shape index (κ1) is 18.9. The van der Waals surface area contributed by atoms with Gasteiger partial charge in [0.2, 0.25) is 0 Å². The summed E-state index contributed by atoms with van der Waals surface area (Å²) in [7, 11) is 0. The summed E-state index contributed by atoms with van der Waals surface area (Å²) < 4.78 is 40.7. The van der Waals surface area contributed by atoms with E-state index in [9.17, 15) is 18.0 Å². The third-order valence-electron chi connectivity index (χ3n) is 3.78. The van der Waals surface area contributed by atoms with Crippen molar-refractivity contribution in [3.8, 4) is 0 Å². The van der Waals surface area contributed by atoms with E-state index in [-0.39, 0.29) is 18.7 Å². The number of carbonyl (C=O) groups excluding carboxylic acids is 1. The maximum absolute atomic E-state index is 12.4. The average molecular weight is 365 g/mol. The van der Waals surface area contributed by atoms with E-state index in [1.165, 1.54) is 0 Å². The van der Waals surface area contributed by atoms with Crippen LogP contribution >= 0.6 is 11.6 Å². The van der Waals surface area contributed by atoms with Gasteiger partial charge < -0.3 is 15.0 Å². The summed E-state index contributed by atoms with van der Waals surface area (Å²) in [5.74, 6) is 0. The van der Waals surface area contributed by atoms with E-state index in [1.807, 2.05) is 18.2 Å². The van der Waals surface area contributed by atoms with Gasteiger partial charge in [-0.3, -0.25) is 0 Å². The number of carbonyl (C=O) groups is 1. The minimum atomic E-state index is -4.37. The Bertz CT molecular complexity index is 568. The zero-order valence-electron chi connectivity index (χ0n) is 13.3. The molecule has 4 nitrogen and oxygen atoms in total. The summed E-state index contributed by atoms with van der Waals surface area (Å²) in [6, 6.07) is 6.39. The highest BCUT2D eigenvalue weighted by Crippen LogP contribution is 2.35. The van der Waals surface area contributed by atoms with Crippen molar-refractivity contribution in [3.63, 3.8) is 0 Å². The quantitative estimate of drug-likeness (QED) is 0.852. The molecule has 2 rings (SSSR count). The van der Waals surface area contributed by atoms with Gasteiger partial charge in [0.1, 0.15) is 6.61 Å². The lowest BCUT2D eigenvalue weighted by atomic mass is 10.0. The fourth-order valence-electron chi connectivity index (χ4n) is 2.77. The Morgan fingerprint density at radius 3 is 2.83 bits per heavy atom. The first-order valence-electron chi connectivity index (χ1n) is 7.74. The van der Waals surface area contributed by atoms with Crippen molar-refractivity contribution in [1.29, 1.82) is 0 Å². The van der Waals surface area contributed by atoms with Crippen LogP contribution in [0.3, 0.4) is 0 Å². The van der Waals surface area contributed by atoms with Crippen LogP contribution in [0.4, 0.5) is 18.0 Å². The summed E-state index contributed by atoms with van der Waals surface area (Å²) in [5.41, 5.74) is 0.882. The molecule has 0 unspecified atom stereocenters. The molecular weight excluding hydrogens is 345 g/mol. The number of ether oxygens (including phenoxy) is 1. The Labute approximate surface area is 143 Å². The molecule has 24 heavy (non-hydrogen) atoms. The smallest absolute Gasteiger partial charge is 0.370 e. The molecular formula is C16H20ClF3N2O2. The van der Waals surface area contributed by atoms with Gasteiger partial charge in [-0.2, -0.15) is 13.2 Å². The van der Waals surface area contributed by atoms with E-state index in [4.69, 9.17) is 11.6 Å². The van der Waals surface area contributed by atoms with Gasteiger partial charge in [0.25, 0.3) is 0 Å². The third-order valence-corrected chi connectivity index (χ3v) is 4.13. The number of hydrogen-bond donors (Lipinski definition) is 1. The van der Waals surface area contributed by atoms with Crippen molar-refractivity contribution >= 4 is 17.6 Å². The standard InChI is InChI=1S/C16H20ClF3N2O2/c1-11(9-24-10-16(18,19)20)21-15(23)22-8-4-7-14(22)12-5-2-3-6-13(12)17/h2-3,5-6,11,14H,4,7-10H2,1H3,(H,21,23)/t11-,14-/m0/s1. The van der Waals surface area contributed by atoms with Gasteiger partial charge in [0, 0.05) is 11.6 Å². The molecule has 0 radical (unpaired) electrons. The molecule has 1 fully saturated rings. The summed E-state index contributed by atoms with van der Waals surface area (Å²) in [5, 5.41) is 3.28. The molecule has 1 aliphatic rings. The first-order valence-corrected chi connectivity index (χ1v) is 8.12. The monoisotopic (exact) mass is 364 g/mol. The molecule has 2 amide bonds. The van der Waals surface area contributed by atoms with Crippen LogP contribution < -0.4 is 5.32 Å². The minimum Gasteiger partial charge on any atom is -0.370 e. The highest BCUT2D eigenvalue weighted by molar-refractivity contribution is 6.31. The van der Waals surface area contributed by atoms with E-state index in [0.717, 1.165) is 18.4 Å². The summed E-state index contributed by atoms with van der Waals surface area (Å²) in [6.07, 6.45) is -2.72. The SMILES string of the molecule is C[C@@H](COCC(F)(F)F)NC(=O)N1CCC[C@H]1c1ccccc1Cl. The number of likely N-dealkylation sites (tertiary alicyclic amines) is 1. The Morgan fingerprint density at radius 1 is 1.46 bits per heavy atom. The molecule has 1 aliphatic heterocycles. The van der Waals surface area contributed by atoms with Gasteiger partial charge in [0.05, 0.1) is 18.7 Å². The van der Waals surface area contributed by atoms with Gasteiger partial charge >= 0.3 is 12.2 Å². The van der Waals surface area contributed by atoms with Crippen molar-refractivity contribution in [2.45, 2.75) is 38.0 Å². The maximum atomic E-state index is 12.4. The average Bonchev–Trinajstić information content (AvgIpc) is 2.95. The minimum absolute atomic E-state index is 0.123.